The Kier molecular flexibility index (Phi) is 3.66. The topological polar surface area (TPSA) is 101 Å². The second-order valence-corrected chi connectivity index (χ2v) is 4.30. The molecule has 2 rings (SSSR count). The summed E-state index contributed by atoms with van der Waals surface area (Å²) in [5, 5.41) is 19.2. The number of aromatic nitrogens is 2. The molecule has 1 aromatic heterocycles. The number of benzene rings is 1. The van der Waals surface area contributed by atoms with Crippen molar-refractivity contribution >= 4 is 17.3 Å². The van der Waals surface area contributed by atoms with Crippen molar-refractivity contribution in [2.24, 2.45) is 0 Å². The number of hydrogen-bond donors (Lipinski definition) is 2. The van der Waals surface area contributed by atoms with Gasteiger partial charge in [-0.15, -0.1) is 0 Å². The summed E-state index contributed by atoms with van der Waals surface area (Å²) in [6.45, 7) is 3.17. The normalized spacial score (nSPS) is 10.5. The maximum Gasteiger partial charge on any atom is 0.307 e. The molecule has 1 heterocycles. The van der Waals surface area contributed by atoms with Crippen LogP contribution in [0.2, 0.25) is 0 Å². The van der Waals surface area contributed by atoms with Crippen LogP contribution >= 0.6 is 0 Å². The highest BCUT2D eigenvalue weighted by Gasteiger charge is 2.22. The zero-order chi connectivity index (χ0) is 15.7. The third kappa shape index (κ3) is 2.71. The fourth-order valence-corrected chi connectivity index (χ4v) is 1.84. The number of amides is 1. The van der Waals surface area contributed by atoms with Gasteiger partial charge in [0.15, 0.2) is 0 Å². The van der Waals surface area contributed by atoms with E-state index < -0.39 is 33.8 Å². The SMILES string of the molecule is Cc1n[nH]c(C)c1C(=O)Nc1cc([N+](=O)[O-])c(F)cc1F. The molecule has 0 aliphatic carbocycles. The molecule has 0 saturated carbocycles. The van der Waals surface area contributed by atoms with Crippen LogP contribution in [0.25, 0.3) is 0 Å². The van der Waals surface area contributed by atoms with Gasteiger partial charge in [-0.3, -0.25) is 20.0 Å². The molecular formula is C12H10F2N4O3. The lowest BCUT2D eigenvalue weighted by Gasteiger charge is -2.07. The van der Waals surface area contributed by atoms with Gasteiger partial charge in [0, 0.05) is 17.8 Å². The van der Waals surface area contributed by atoms with Gasteiger partial charge >= 0.3 is 5.69 Å². The molecule has 0 aliphatic heterocycles. The number of carbonyl (C=O) groups excluding carboxylic acids is 1. The van der Waals surface area contributed by atoms with Gasteiger partial charge in [-0.05, 0) is 13.8 Å². The molecule has 2 aromatic rings. The van der Waals surface area contributed by atoms with Crippen LogP contribution in [0.5, 0.6) is 0 Å². The Morgan fingerprint density at radius 1 is 1.33 bits per heavy atom. The minimum absolute atomic E-state index is 0.196. The van der Waals surface area contributed by atoms with Crippen molar-refractivity contribution in [2.75, 3.05) is 5.32 Å². The Bertz CT molecular complexity index is 723. The highest BCUT2D eigenvalue weighted by Crippen LogP contribution is 2.25. The largest absolute Gasteiger partial charge is 0.319 e. The number of H-pyrrole nitrogens is 1. The fraction of sp³-hybridized carbons (Fsp3) is 0.167. The van der Waals surface area contributed by atoms with Crippen molar-refractivity contribution in [3.05, 3.63) is 50.8 Å². The van der Waals surface area contributed by atoms with Gasteiger partial charge in [-0.2, -0.15) is 9.49 Å². The van der Waals surface area contributed by atoms with E-state index in [1.807, 2.05) is 0 Å². The van der Waals surface area contributed by atoms with Crippen LogP contribution in [0, 0.1) is 35.6 Å². The van der Waals surface area contributed by atoms with Crippen molar-refractivity contribution in [1.82, 2.24) is 10.2 Å². The number of anilines is 1. The Morgan fingerprint density at radius 3 is 2.52 bits per heavy atom. The molecule has 1 amide bonds. The Morgan fingerprint density at radius 2 is 2.00 bits per heavy atom. The number of nitrogens with zero attached hydrogens (tertiary/aromatic N) is 2. The van der Waals surface area contributed by atoms with E-state index in [1.165, 1.54) is 0 Å². The smallest absolute Gasteiger partial charge is 0.307 e. The maximum atomic E-state index is 13.6. The summed E-state index contributed by atoms with van der Waals surface area (Å²) >= 11 is 0. The van der Waals surface area contributed by atoms with E-state index in [9.17, 15) is 23.7 Å². The van der Waals surface area contributed by atoms with Gasteiger partial charge < -0.3 is 5.32 Å². The van der Waals surface area contributed by atoms with E-state index in [4.69, 9.17) is 0 Å². The van der Waals surface area contributed by atoms with E-state index in [2.05, 4.69) is 15.5 Å². The van der Waals surface area contributed by atoms with Gasteiger partial charge in [0.05, 0.1) is 21.9 Å². The van der Waals surface area contributed by atoms with Crippen LogP contribution in [0.4, 0.5) is 20.2 Å². The first-order valence-electron chi connectivity index (χ1n) is 5.77. The fourth-order valence-electron chi connectivity index (χ4n) is 1.84. The van der Waals surface area contributed by atoms with Gasteiger partial charge in [0.25, 0.3) is 5.91 Å². The van der Waals surface area contributed by atoms with E-state index >= 15 is 0 Å². The second kappa shape index (κ2) is 5.27. The Hall–Kier alpha value is -2.84. The molecule has 0 unspecified atom stereocenters. The molecule has 7 nitrogen and oxygen atoms in total. The molecule has 2 N–H and O–H groups in total. The van der Waals surface area contributed by atoms with Crippen LogP contribution in [0.3, 0.4) is 0 Å². The molecule has 0 saturated heterocycles. The van der Waals surface area contributed by atoms with E-state index in [-0.39, 0.29) is 5.56 Å². The average Bonchev–Trinajstić information content (AvgIpc) is 2.71. The van der Waals surface area contributed by atoms with Crippen LogP contribution in [0.15, 0.2) is 12.1 Å². The summed E-state index contributed by atoms with van der Waals surface area (Å²) in [6.07, 6.45) is 0. The van der Waals surface area contributed by atoms with Crippen LogP contribution < -0.4 is 5.32 Å². The molecule has 110 valence electrons. The molecule has 0 fully saturated rings. The summed E-state index contributed by atoms with van der Waals surface area (Å²) < 4.78 is 26.8. The summed E-state index contributed by atoms with van der Waals surface area (Å²) in [5.41, 5.74) is -0.356. The second-order valence-electron chi connectivity index (χ2n) is 4.30. The highest BCUT2D eigenvalue weighted by molar-refractivity contribution is 6.06. The van der Waals surface area contributed by atoms with E-state index in [1.54, 1.807) is 13.8 Å². The maximum absolute atomic E-state index is 13.6. The molecule has 0 radical (unpaired) electrons. The van der Waals surface area contributed by atoms with E-state index in [0.717, 1.165) is 0 Å². The molecule has 21 heavy (non-hydrogen) atoms. The van der Waals surface area contributed by atoms with Crippen LogP contribution in [-0.2, 0) is 0 Å². The third-order valence-corrected chi connectivity index (χ3v) is 2.84. The predicted molar refractivity (Wildman–Crippen MR) is 69.0 cm³/mol. The molecule has 9 heteroatoms. The molecular weight excluding hydrogens is 286 g/mol. The predicted octanol–water partition coefficient (Wildman–Crippen LogP) is 2.47. The Balaban J connectivity index is 2.38. The number of rotatable bonds is 3. The van der Waals surface area contributed by atoms with Crippen molar-refractivity contribution in [2.45, 2.75) is 13.8 Å². The van der Waals surface area contributed by atoms with Crippen LogP contribution in [0.1, 0.15) is 21.7 Å². The number of carbonyl (C=O) groups is 1. The van der Waals surface area contributed by atoms with Gasteiger partial charge in [-0.25, -0.2) is 4.39 Å². The van der Waals surface area contributed by atoms with Crippen molar-refractivity contribution in [1.29, 1.82) is 0 Å². The number of nitrogens with one attached hydrogen (secondary N) is 2. The first-order chi connectivity index (χ1) is 9.81. The number of nitro benzene ring substituents is 1. The summed E-state index contributed by atoms with van der Waals surface area (Å²) in [5.74, 6) is -3.12. The van der Waals surface area contributed by atoms with Crippen molar-refractivity contribution < 1.29 is 18.5 Å². The lowest BCUT2D eigenvalue weighted by molar-refractivity contribution is -0.387. The average molecular weight is 296 g/mol. The third-order valence-electron chi connectivity index (χ3n) is 2.84. The number of aryl methyl sites for hydroxylation is 2. The quantitative estimate of drug-likeness (QED) is 0.671. The van der Waals surface area contributed by atoms with Crippen LogP contribution in [-0.4, -0.2) is 21.0 Å². The zero-order valence-electron chi connectivity index (χ0n) is 11.0. The number of aromatic amines is 1. The first-order valence-corrected chi connectivity index (χ1v) is 5.77. The monoisotopic (exact) mass is 296 g/mol. The summed E-state index contributed by atoms with van der Waals surface area (Å²) in [4.78, 5) is 21.7. The molecule has 0 atom stereocenters. The molecule has 0 spiro atoms. The van der Waals surface area contributed by atoms with Gasteiger partial charge in [-0.1, -0.05) is 0 Å². The lowest BCUT2D eigenvalue weighted by atomic mass is 10.1. The standard InChI is InChI=1S/C12H10F2N4O3/c1-5-11(6(2)17-16-5)12(19)15-9-4-10(18(20)21)8(14)3-7(9)13/h3-4H,1-2H3,(H,15,19)(H,16,17). The highest BCUT2D eigenvalue weighted by atomic mass is 19.1. The molecule has 0 aliphatic rings. The van der Waals surface area contributed by atoms with E-state index in [0.29, 0.717) is 23.5 Å². The zero-order valence-corrected chi connectivity index (χ0v) is 11.0. The molecule has 1 aromatic carbocycles. The number of nitro groups is 1. The first kappa shape index (κ1) is 14.6. The minimum Gasteiger partial charge on any atom is -0.319 e. The van der Waals surface area contributed by atoms with Crippen molar-refractivity contribution in [3.63, 3.8) is 0 Å². The number of hydrogen-bond acceptors (Lipinski definition) is 4. The van der Waals surface area contributed by atoms with Gasteiger partial charge in [0.2, 0.25) is 5.82 Å². The minimum atomic E-state index is -1.31. The van der Waals surface area contributed by atoms with Crippen molar-refractivity contribution in [3.8, 4) is 0 Å². The number of halogens is 2. The van der Waals surface area contributed by atoms with Gasteiger partial charge in [0.1, 0.15) is 5.82 Å². The Labute approximate surface area is 117 Å². The molecule has 0 bridgehead atoms. The summed E-state index contributed by atoms with van der Waals surface area (Å²) in [6, 6.07) is 0.982. The summed E-state index contributed by atoms with van der Waals surface area (Å²) in [7, 11) is 0. The lowest BCUT2D eigenvalue weighted by Crippen LogP contribution is -2.15.